The highest BCUT2D eigenvalue weighted by atomic mass is 32.2. The van der Waals surface area contributed by atoms with Crippen molar-refractivity contribution in [1.82, 2.24) is 14.5 Å². The van der Waals surface area contributed by atoms with Gasteiger partial charge in [-0.3, -0.25) is 9.36 Å². The Labute approximate surface area is 154 Å². The number of benzene rings is 1. The summed E-state index contributed by atoms with van der Waals surface area (Å²) in [7, 11) is 0. The van der Waals surface area contributed by atoms with Crippen LogP contribution in [-0.2, 0) is 4.79 Å². The van der Waals surface area contributed by atoms with Gasteiger partial charge < -0.3 is 4.90 Å². The molecule has 0 spiro atoms. The minimum atomic E-state index is 0.225. The van der Waals surface area contributed by atoms with Crippen LogP contribution in [0.4, 0.5) is 0 Å². The van der Waals surface area contributed by atoms with E-state index in [1.165, 1.54) is 23.7 Å². The van der Waals surface area contributed by atoms with Gasteiger partial charge in [0.05, 0.1) is 11.4 Å². The maximum Gasteiger partial charge on any atom is 0.233 e. The Morgan fingerprint density at radius 2 is 2.16 bits per heavy atom. The van der Waals surface area contributed by atoms with Crippen molar-refractivity contribution in [2.75, 3.05) is 18.8 Å². The van der Waals surface area contributed by atoms with Gasteiger partial charge in [-0.05, 0) is 36.3 Å². The Hall–Kier alpha value is -1.75. The fourth-order valence-corrected chi connectivity index (χ4v) is 4.28. The van der Waals surface area contributed by atoms with Crippen LogP contribution in [0.25, 0.3) is 5.69 Å². The minimum absolute atomic E-state index is 0.225. The van der Waals surface area contributed by atoms with E-state index in [-0.39, 0.29) is 5.91 Å². The molecule has 2 heterocycles. The number of thioether (sulfide) groups is 1. The molecule has 5 heteroatoms. The Bertz CT molecular complexity index is 725. The third kappa shape index (κ3) is 4.27. The summed E-state index contributed by atoms with van der Waals surface area (Å²) >= 11 is 1.53. The minimum Gasteiger partial charge on any atom is -0.342 e. The topological polar surface area (TPSA) is 38.1 Å². The molecule has 1 aliphatic rings. The summed E-state index contributed by atoms with van der Waals surface area (Å²) < 4.78 is 2.10. The van der Waals surface area contributed by atoms with Crippen LogP contribution in [0, 0.1) is 5.92 Å². The summed E-state index contributed by atoms with van der Waals surface area (Å²) in [5, 5.41) is 0.881. The molecular weight excluding hydrogens is 330 g/mol. The van der Waals surface area contributed by atoms with Crippen LogP contribution in [0.3, 0.4) is 0 Å². The van der Waals surface area contributed by atoms with E-state index in [1.54, 1.807) is 0 Å². The molecule has 0 radical (unpaired) electrons. The molecule has 3 rings (SSSR count). The number of amides is 1. The number of hydrogen-bond donors (Lipinski definition) is 0. The van der Waals surface area contributed by atoms with Crippen LogP contribution in [-0.4, -0.2) is 39.2 Å². The van der Waals surface area contributed by atoms with Gasteiger partial charge >= 0.3 is 0 Å². The van der Waals surface area contributed by atoms with Crippen molar-refractivity contribution in [1.29, 1.82) is 0 Å². The molecule has 0 saturated carbocycles. The number of likely N-dealkylation sites (tertiary alicyclic amines) is 1. The molecule has 2 aromatic rings. The first-order valence-electron chi connectivity index (χ1n) is 9.09. The second-order valence-electron chi connectivity index (χ2n) is 7.17. The van der Waals surface area contributed by atoms with E-state index in [0.717, 1.165) is 30.4 Å². The van der Waals surface area contributed by atoms with Crippen molar-refractivity contribution < 1.29 is 4.79 Å². The third-order valence-electron chi connectivity index (χ3n) is 4.76. The lowest BCUT2D eigenvalue weighted by atomic mass is 10.0. The smallest absolute Gasteiger partial charge is 0.233 e. The van der Waals surface area contributed by atoms with Gasteiger partial charge in [0.25, 0.3) is 0 Å². The fourth-order valence-electron chi connectivity index (χ4n) is 3.41. The maximum atomic E-state index is 12.5. The van der Waals surface area contributed by atoms with Gasteiger partial charge in [-0.2, -0.15) is 0 Å². The second kappa shape index (κ2) is 8.09. The SMILES string of the molecule is CC1CCCN(C(=O)CSc2nccn2-c2ccccc2C(C)C)C1. The van der Waals surface area contributed by atoms with Crippen LogP contribution < -0.4 is 0 Å². The van der Waals surface area contributed by atoms with E-state index in [2.05, 4.69) is 54.6 Å². The Morgan fingerprint density at radius 1 is 1.36 bits per heavy atom. The lowest BCUT2D eigenvalue weighted by Gasteiger charge is -2.30. The molecule has 1 aromatic carbocycles. The van der Waals surface area contributed by atoms with E-state index >= 15 is 0 Å². The fraction of sp³-hybridized carbons (Fsp3) is 0.500. The Kier molecular flexibility index (Phi) is 5.84. The first-order valence-corrected chi connectivity index (χ1v) is 10.1. The summed E-state index contributed by atoms with van der Waals surface area (Å²) in [6.07, 6.45) is 6.14. The first-order chi connectivity index (χ1) is 12.1. The molecule has 1 atom stereocenters. The lowest BCUT2D eigenvalue weighted by molar-refractivity contribution is -0.130. The molecular formula is C20H27N3OS. The number of nitrogens with zero attached hydrogens (tertiary/aromatic N) is 3. The van der Waals surface area contributed by atoms with E-state index in [0.29, 0.717) is 17.6 Å². The summed E-state index contributed by atoms with van der Waals surface area (Å²) in [5.74, 6) is 1.73. The Balaban J connectivity index is 1.71. The zero-order valence-electron chi connectivity index (χ0n) is 15.3. The third-order valence-corrected chi connectivity index (χ3v) is 5.71. The molecule has 1 amide bonds. The predicted octanol–water partition coefficient (Wildman–Crippen LogP) is 4.35. The van der Waals surface area contributed by atoms with Gasteiger partial charge in [0.1, 0.15) is 0 Å². The molecule has 1 unspecified atom stereocenters. The molecule has 0 N–H and O–H groups in total. The number of hydrogen-bond acceptors (Lipinski definition) is 3. The lowest BCUT2D eigenvalue weighted by Crippen LogP contribution is -2.40. The van der Waals surface area contributed by atoms with Crippen LogP contribution in [0.1, 0.15) is 45.1 Å². The maximum absolute atomic E-state index is 12.5. The molecule has 1 fully saturated rings. The van der Waals surface area contributed by atoms with Gasteiger partial charge in [-0.15, -0.1) is 0 Å². The van der Waals surface area contributed by atoms with E-state index in [1.807, 2.05) is 17.3 Å². The molecule has 4 nitrogen and oxygen atoms in total. The number of aromatic nitrogens is 2. The largest absolute Gasteiger partial charge is 0.342 e. The highest BCUT2D eigenvalue weighted by Gasteiger charge is 2.21. The zero-order chi connectivity index (χ0) is 17.8. The monoisotopic (exact) mass is 357 g/mol. The zero-order valence-corrected chi connectivity index (χ0v) is 16.1. The molecule has 25 heavy (non-hydrogen) atoms. The number of carbonyl (C=O) groups is 1. The molecule has 1 saturated heterocycles. The number of para-hydroxylation sites is 1. The molecule has 1 aliphatic heterocycles. The van der Waals surface area contributed by atoms with Crippen molar-refractivity contribution in [3.63, 3.8) is 0 Å². The average molecular weight is 358 g/mol. The van der Waals surface area contributed by atoms with Crippen molar-refractivity contribution in [2.24, 2.45) is 5.92 Å². The van der Waals surface area contributed by atoms with Crippen LogP contribution in [0.2, 0.25) is 0 Å². The summed E-state index contributed by atoms with van der Waals surface area (Å²) in [6, 6.07) is 8.41. The molecule has 0 aliphatic carbocycles. The van der Waals surface area contributed by atoms with Gasteiger partial charge in [0, 0.05) is 25.5 Å². The summed E-state index contributed by atoms with van der Waals surface area (Å²) in [5.41, 5.74) is 2.44. The van der Waals surface area contributed by atoms with Crippen LogP contribution in [0.15, 0.2) is 41.8 Å². The van der Waals surface area contributed by atoms with E-state index in [4.69, 9.17) is 0 Å². The van der Waals surface area contributed by atoms with Gasteiger partial charge in [0.15, 0.2) is 5.16 Å². The normalized spacial score (nSPS) is 17.9. The van der Waals surface area contributed by atoms with Gasteiger partial charge in [0.2, 0.25) is 5.91 Å². The number of rotatable bonds is 5. The Morgan fingerprint density at radius 3 is 2.92 bits per heavy atom. The number of imidazole rings is 1. The van der Waals surface area contributed by atoms with Gasteiger partial charge in [-0.1, -0.05) is 50.7 Å². The highest BCUT2D eigenvalue weighted by molar-refractivity contribution is 7.99. The van der Waals surface area contributed by atoms with Gasteiger partial charge in [-0.25, -0.2) is 4.98 Å². The van der Waals surface area contributed by atoms with Crippen LogP contribution >= 0.6 is 11.8 Å². The molecule has 1 aromatic heterocycles. The first kappa shape index (κ1) is 18.1. The standard InChI is InChI=1S/C20H27N3OS/c1-15(2)17-8-4-5-9-18(17)23-12-10-21-20(23)25-14-19(24)22-11-6-7-16(3)13-22/h4-5,8-10,12,15-16H,6-7,11,13-14H2,1-3H3. The summed E-state index contributed by atoms with van der Waals surface area (Å²) in [4.78, 5) is 19.0. The molecule has 134 valence electrons. The van der Waals surface area contributed by atoms with Crippen molar-refractivity contribution >= 4 is 17.7 Å². The predicted molar refractivity (Wildman–Crippen MR) is 103 cm³/mol. The number of carbonyl (C=O) groups excluding carboxylic acids is 1. The second-order valence-corrected chi connectivity index (χ2v) is 8.11. The summed E-state index contributed by atoms with van der Waals surface area (Å²) in [6.45, 7) is 8.41. The molecule has 0 bridgehead atoms. The van der Waals surface area contributed by atoms with Crippen molar-refractivity contribution in [2.45, 2.75) is 44.7 Å². The van der Waals surface area contributed by atoms with Crippen molar-refractivity contribution in [3.8, 4) is 5.69 Å². The van der Waals surface area contributed by atoms with Crippen molar-refractivity contribution in [3.05, 3.63) is 42.2 Å². The van der Waals surface area contributed by atoms with E-state index < -0.39 is 0 Å². The van der Waals surface area contributed by atoms with E-state index in [9.17, 15) is 4.79 Å². The average Bonchev–Trinajstić information content (AvgIpc) is 3.08. The number of piperidine rings is 1. The van der Waals surface area contributed by atoms with Crippen LogP contribution in [0.5, 0.6) is 0 Å². The quantitative estimate of drug-likeness (QED) is 0.747. The highest BCUT2D eigenvalue weighted by Crippen LogP contribution is 2.27.